The third kappa shape index (κ3) is 5.73. The van der Waals surface area contributed by atoms with Crippen molar-refractivity contribution in [3.63, 3.8) is 0 Å². The lowest BCUT2D eigenvalue weighted by Crippen LogP contribution is -2.42. The van der Waals surface area contributed by atoms with Crippen molar-refractivity contribution >= 4 is 5.96 Å². The van der Waals surface area contributed by atoms with Crippen LogP contribution >= 0.6 is 0 Å². The smallest absolute Gasteiger partial charge is 0.191 e. The fraction of sp³-hybridized carbons (Fsp3) is 0.409. The molecule has 2 aromatic rings. The Kier molecular flexibility index (Phi) is 7.11. The highest BCUT2D eigenvalue weighted by Crippen LogP contribution is 2.24. The standard InChI is InChI=1S/C22H30N4O/c1-2-23-22(24-16-18-10-12-20(27)13-11-18)25-17-21(26-14-6-7-15-26)19-8-4-3-5-9-19/h3-5,8-13,21,27H,2,6-7,14-17H2,1H3,(H2,23,24,25). The molecule has 3 rings (SSSR count). The van der Waals surface area contributed by atoms with Gasteiger partial charge < -0.3 is 15.7 Å². The highest BCUT2D eigenvalue weighted by Gasteiger charge is 2.23. The summed E-state index contributed by atoms with van der Waals surface area (Å²) in [5, 5.41) is 16.3. The van der Waals surface area contributed by atoms with Crippen LogP contribution in [0.2, 0.25) is 0 Å². The van der Waals surface area contributed by atoms with Gasteiger partial charge in [0.15, 0.2) is 5.96 Å². The van der Waals surface area contributed by atoms with Gasteiger partial charge in [-0.3, -0.25) is 4.90 Å². The first-order chi connectivity index (χ1) is 13.3. The van der Waals surface area contributed by atoms with Crippen molar-refractivity contribution in [3.05, 3.63) is 65.7 Å². The second kappa shape index (κ2) is 9.97. The third-order valence-electron chi connectivity index (χ3n) is 4.93. The van der Waals surface area contributed by atoms with Crippen LogP contribution < -0.4 is 10.6 Å². The number of phenolic OH excluding ortho intramolecular Hbond substituents is 1. The number of nitrogens with one attached hydrogen (secondary N) is 2. The van der Waals surface area contributed by atoms with Gasteiger partial charge >= 0.3 is 0 Å². The van der Waals surface area contributed by atoms with Crippen LogP contribution in [0.15, 0.2) is 59.6 Å². The molecule has 1 unspecified atom stereocenters. The van der Waals surface area contributed by atoms with Gasteiger partial charge in [0.25, 0.3) is 0 Å². The van der Waals surface area contributed by atoms with E-state index in [4.69, 9.17) is 4.99 Å². The van der Waals surface area contributed by atoms with Crippen molar-refractivity contribution < 1.29 is 5.11 Å². The van der Waals surface area contributed by atoms with Gasteiger partial charge in [-0.2, -0.15) is 0 Å². The maximum Gasteiger partial charge on any atom is 0.191 e. The molecule has 0 spiro atoms. The molecular weight excluding hydrogens is 336 g/mol. The summed E-state index contributed by atoms with van der Waals surface area (Å²) in [5.74, 6) is 1.11. The molecule has 144 valence electrons. The Hall–Kier alpha value is -2.53. The molecule has 1 saturated heterocycles. The van der Waals surface area contributed by atoms with Crippen LogP contribution in [0.5, 0.6) is 5.75 Å². The van der Waals surface area contributed by atoms with E-state index in [9.17, 15) is 5.11 Å². The predicted octanol–water partition coefficient (Wildman–Crippen LogP) is 3.28. The first-order valence-electron chi connectivity index (χ1n) is 9.85. The quantitative estimate of drug-likeness (QED) is 0.520. The average Bonchev–Trinajstić information content (AvgIpc) is 3.23. The molecule has 1 heterocycles. The third-order valence-corrected chi connectivity index (χ3v) is 4.93. The Balaban J connectivity index is 1.66. The molecule has 0 bridgehead atoms. The zero-order valence-electron chi connectivity index (χ0n) is 16.1. The Morgan fingerprint density at radius 3 is 2.41 bits per heavy atom. The second-order valence-electron chi connectivity index (χ2n) is 6.91. The SMILES string of the molecule is CCNC(=NCc1ccc(O)cc1)NCC(c1ccccc1)N1CCCC1. The maximum atomic E-state index is 9.41. The molecule has 0 saturated carbocycles. The van der Waals surface area contributed by atoms with Gasteiger partial charge in [-0.15, -0.1) is 0 Å². The van der Waals surface area contributed by atoms with Gasteiger partial charge in [0.05, 0.1) is 12.6 Å². The maximum absolute atomic E-state index is 9.41. The Labute approximate surface area is 162 Å². The number of benzene rings is 2. The predicted molar refractivity (Wildman–Crippen MR) is 111 cm³/mol. The van der Waals surface area contributed by atoms with Crippen LogP contribution in [-0.4, -0.2) is 42.1 Å². The first kappa shape index (κ1) is 19.2. The number of aromatic hydroxyl groups is 1. The fourth-order valence-corrected chi connectivity index (χ4v) is 3.49. The van der Waals surface area contributed by atoms with Crippen molar-refractivity contribution in [2.75, 3.05) is 26.2 Å². The van der Waals surface area contributed by atoms with E-state index >= 15 is 0 Å². The number of phenols is 1. The number of likely N-dealkylation sites (tertiary alicyclic amines) is 1. The summed E-state index contributed by atoms with van der Waals surface area (Å²) in [6.07, 6.45) is 2.55. The summed E-state index contributed by atoms with van der Waals surface area (Å²) in [4.78, 5) is 7.26. The number of rotatable bonds is 7. The van der Waals surface area contributed by atoms with Crippen LogP contribution in [0.4, 0.5) is 0 Å². The molecule has 1 fully saturated rings. The fourth-order valence-electron chi connectivity index (χ4n) is 3.49. The van der Waals surface area contributed by atoms with E-state index in [1.165, 1.54) is 18.4 Å². The molecule has 2 aromatic carbocycles. The minimum absolute atomic E-state index is 0.282. The van der Waals surface area contributed by atoms with Gasteiger partial charge in [-0.05, 0) is 56.1 Å². The molecule has 5 heteroatoms. The Morgan fingerprint density at radius 2 is 1.74 bits per heavy atom. The molecule has 0 amide bonds. The monoisotopic (exact) mass is 366 g/mol. The van der Waals surface area contributed by atoms with E-state index in [0.29, 0.717) is 12.6 Å². The summed E-state index contributed by atoms with van der Waals surface area (Å²) in [7, 11) is 0. The Bertz CT molecular complexity index is 709. The van der Waals surface area contributed by atoms with Crippen molar-refractivity contribution in [1.29, 1.82) is 0 Å². The molecule has 3 N–H and O–H groups in total. The number of guanidine groups is 1. The van der Waals surface area contributed by atoms with Crippen LogP contribution in [0.1, 0.15) is 36.9 Å². The van der Waals surface area contributed by atoms with E-state index in [0.717, 1.165) is 37.7 Å². The minimum atomic E-state index is 0.282. The Morgan fingerprint density at radius 1 is 1.04 bits per heavy atom. The van der Waals surface area contributed by atoms with E-state index in [-0.39, 0.29) is 5.75 Å². The van der Waals surface area contributed by atoms with Crippen molar-refractivity contribution in [3.8, 4) is 5.75 Å². The number of hydrogen-bond acceptors (Lipinski definition) is 3. The summed E-state index contributed by atoms with van der Waals surface area (Å²) in [6, 6.07) is 18.3. The summed E-state index contributed by atoms with van der Waals surface area (Å²) in [6.45, 7) is 6.61. The van der Waals surface area contributed by atoms with Crippen molar-refractivity contribution in [2.24, 2.45) is 4.99 Å². The van der Waals surface area contributed by atoms with E-state index in [2.05, 4.69) is 52.8 Å². The lowest BCUT2D eigenvalue weighted by atomic mass is 10.1. The van der Waals surface area contributed by atoms with Gasteiger partial charge in [0.2, 0.25) is 0 Å². The average molecular weight is 367 g/mol. The minimum Gasteiger partial charge on any atom is -0.508 e. The number of aliphatic imine (C=N–C) groups is 1. The molecule has 5 nitrogen and oxygen atoms in total. The zero-order chi connectivity index (χ0) is 18.9. The molecule has 27 heavy (non-hydrogen) atoms. The van der Waals surface area contributed by atoms with Gasteiger partial charge in [0, 0.05) is 13.1 Å². The zero-order valence-corrected chi connectivity index (χ0v) is 16.1. The molecule has 0 aromatic heterocycles. The highest BCUT2D eigenvalue weighted by molar-refractivity contribution is 5.79. The lowest BCUT2D eigenvalue weighted by molar-refractivity contribution is 0.245. The lowest BCUT2D eigenvalue weighted by Gasteiger charge is -2.29. The van der Waals surface area contributed by atoms with Gasteiger partial charge in [0.1, 0.15) is 5.75 Å². The number of nitrogens with zero attached hydrogens (tertiary/aromatic N) is 2. The van der Waals surface area contributed by atoms with Crippen LogP contribution in [-0.2, 0) is 6.54 Å². The topological polar surface area (TPSA) is 59.9 Å². The number of hydrogen-bond donors (Lipinski definition) is 3. The molecular formula is C22H30N4O. The highest BCUT2D eigenvalue weighted by atomic mass is 16.3. The van der Waals surface area contributed by atoms with Crippen LogP contribution in [0, 0.1) is 0 Å². The summed E-state index contributed by atoms with van der Waals surface area (Å²) < 4.78 is 0. The summed E-state index contributed by atoms with van der Waals surface area (Å²) >= 11 is 0. The molecule has 1 atom stereocenters. The normalized spacial score (nSPS) is 16.3. The van der Waals surface area contributed by atoms with E-state index in [1.54, 1.807) is 12.1 Å². The van der Waals surface area contributed by atoms with Crippen LogP contribution in [0.25, 0.3) is 0 Å². The summed E-state index contributed by atoms with van der Waals surface area (Å²) in [5.41, 5.74) is 2.42. The van der Waals surface area contributed by atoms with Crippen molar-refractivity contribution in [1.82, 2.24) is 15.5 Å². The van der Waals surface area contributed by atoms with E-state index < -0.39 is 0 Å². The van der Waals surface area contributed by atoms with Gasteiger partial charge in [-0.25, -0.2) is 4.99 Å². The van der Waals surface area contributed by atoms with Crippen molar-refractivity contribution in [2.45, 2.75) is 32.4 Å². The largest absolute Gasteiger partial charge is 0.508 e. The molecule has 1 aliphatic rings. The van der Waals surface area contributed by atoms with Gasteiger partial charge in [-0.1, -0.05) is 42.5 Å². The second-order valence-corrected chi connectivity index (χ2v) is 6.91. The molecule has 1 aliphatic heterocycles. The first-order valence-corrected chi connectivity index (χ1v) is 9.85. The molecule has 0 aliphatic carbocycles. The van der Waals surface area contributed by atoms with E-state index in [1.807, 2.05) is 12.1 Å². The molecule has 0 radical (unpaired) electrons. The van der Waals surface area contributed by atoms with Crippen LogP contribution in [0.3, 0.4) is 0 Å².